The lowest BCUT2D eigenvalue weighted by Crippen LogP contribution is -2.51. The minimum atomic E-state index is -0.706. The van der Waals surface area contributed by atoms with Gasteiger partial charge in [0.05, 0.1) is 115 Å². The van der Waals surface area contributed by atoms with E-state index in [-0.39, 0.29) is 71.5 Å². The van der Waals surface area contributed by atoms with Crippen molar-refractivity contribution in [3.63, 3.8) is 0 Å². The molecule has 0 saturated carbocycles. The fourth-order valence-electron chi connectivity index (χ4n) is 16.1. The van der Waals surface area contributed by atoms with Crippen molar-refractivity contribution in [3.8, 4) is 67.3 Å². The molecule has 6 aromatic heterocycles. The van der Waals surface area contributed by atoms with E-state index in [2.05, 4.69) is 125 Å². The van der Waals surface area contributed by atoms with Gasteiger partial charge in [0.2, 0.25) is 23.6 Å². The van der Waals surface area contributed by atoms with Crippen molar-refractivity contribution in [3.05, 3.63) is 137 Å². The Kier molecular flexibility index (Phi) is 25.2. The van der Waals surface area contributed by atoms with E-state index in [0.29, 0.717) is 37.8 Å². The van der Waals surface area contributed by atoms with Gasteiger partial charge in [-0.05, 0) is 121 Å². The highest BCUT2D eigenvalue weighted by molar-refractivity contribution is 7.19. The van der Waals surface area contributed by atoms with Crippen molar-refractivity contribution >= 4 is 91.0 Å². The first kappa shape index (κ1) is 81.5. The number of nitrogens with one attached hydrogen (secondary N) is 8. The number of benzene rings is 4. The number of carbonyl (C=O) groups is 8. The first-order chi connectivity index (χ1) is 55.4. The zero-order valence-corrected chi connectivity index (χ0v) is 68.7. The summed E-state index contributed by atoms with van der Waals surface area (Å²) >= 11 is 3.30. The average Bonchev–Trinajstić information content (AvgIpc) is 1.65. The van der Waals surface area contributed by atoms with Crippen LogP contribution in [0.4, 0.5) is 19.2 Å². The fourth-order valence-corrected chi connectivity index (χ4v) is 18.0. The zero-order valence-electron chi connectivity index (χ0n) is 67.0. The van der Waals surface area contributed by atoms with E-state index >= 15 is 0 Å². The normalized spacial score (nSPS) is 17.9. The van der Waals surface area contributed by atoms with Gasteiger partial charge >= 0.3 is 24.4 Å². The van der Waals surface area contributed by atoms with E-state index in [1.807, 2.05) is 95.6 Å². The summed E-state index contributed by atoms with van der Waals surface area (Å²) in [7, 11) is 5.16. The Morgan fingerprint density at radius 3 is 1.03 bits per heavy atom. The maximum absolute atomic E-state index is 13.7. The van der Waals surface area contributed by atoms with Crippen LogP contribution in [0.3, 0.4) is 0 Å². The van der Waals surface area contributed by atoms with Crippen molar-refractivity contribution in [1.29, 1.82) is 0 Å². The quantitative estimate of drug-likeness (QED) is 0.0292. The maximum atomic E-state index is 13.7. The Hall–Kier alpha value is -11.5. The molecule has 0 aliphatic carbocycles. The Balaban J connectivity index is 0.000000200. The topological polar surface area (TPSA) is 362 Å². The van der Waals surface area contributed by atoms with Crippen LogP contribution >= 0.6 is 22.7 Å². The number of thiophene rings is 1. The molecule has 10 heterocycles. The van der Waals surface area contributed by atoms with Gasteiger partial charge < -0.3 is 79.8 Å². The number of fused-ring (bicyclic) bond motifs is 2. The van der Waals surface area contributed by atoms with Gasteiger partial charge in [-0.15, -0.1) is 22.7 Å². The standard InChI is InChI=1S/C42H51N9O6S.C42H50N8O6S/c1-22(2)33(48-41(54)56-6)39(52)50-18-8-10-31(50)37-43-20-29(46-37)26-14-12-25(13-15-26)27-16-17-28(36-35(27)45-24(5)58-36)30-21-44-38(47-30)32-11-9-19-51(32)40(53)34(23(3)4)49-42(55)57-7;1-23(2)34(47-41(53)55-5)39(51)49-18-7-9-32(49)37-43-21-30(45-37)26-13-11-25(12-14-26)27-15-16-29(36-28(27)17-20-57-36)31-22-44-38(46-31)33-10-8-19-50(33)40(52)35(24(3)4)48-42(54)56-6/h12-17,20-23,31-34H,8-11,18-19H2,1-7H3,(H,43,46)(H,44,47)(H,48,54)(H,49,55);11-17,20-24,32-35H,7-10,18-19H2,1-6H3,(H,43,45)(H,44,46)(H,47,53)(H,48,54)/t31-,32-,33-,34-;32-,33-,34-,35-/m00/s1. The number of hydrogen-bond donors (Lipinski definition) is 8. The van der Waals surface area contributed by atoms with Crippen LogP contribution in [0, 0.1) is 30.6 Å². The SMILES string of the molecule is COC(=O)N[C@H](C(=O)N1CCC[C@H]1c1ncc(-c2ccc(-c3ccc(-c4cnc([C@@H]5CCCN5C(=O)[C@@H](NC(=O)OC)C(C)C)[nH]4)c4sc(C)nc34)cc2)[nH]1)C(C)C.COC(=O)N[C@H](C(=O)N1CCC[C@H]1c1ncc(-c2ccc(-c3ccc(-c4cnc([C@@H]5CCCN5C(=O)[C@@H](NC(=O)OC)C(C)C)[nH]4)c4sccc34)cc2)[nH]1)C(C)C. The summed E-state index contributed by atoms with van der Waals surface area (Å²) in [4.78, 5) is 148. The fraction of sp³-hybridized carbons (Fsp3) is 0.440. The van der Waals surface area contributed by atoms with Crippen LogP contribution < -0.4 is 21.3 Å². The monoisotopic (exact) mass is 1600 g/mol. The Morgan fingerprint density at radius 1 is 0.391 bits per heavy atom. The molecule has 10 aromatic rings. The van der Waals surface area contributed by atoms with Gasteiger partial charge in [-0.2, -0.15) is 0 Å². The number of thiazole rings is 1. The molecule has 8 N–H and O–H groups in total. The molecule has 4 aliphatic rings. The summed E-state index contributed by atoms with van der Waals surface area (Å²) in [5.41, 5.74) is 12.5. The maximum Gasteiger partial charge on any atom is 0.407 e. The molecule has 4 fully saturated rings. The molecule has 31 heteroatoms. The van der Waals surface area contributed by atoms with Crippen molar-refractivity contribution in [1.82, 2.24) is 85.7 Å². The second kappa shape index (κ2) is 35.5. The van der Waals surface area contributed by atoms with Crippen molar-refractivity contribution in [2.75, 3.05) is 54.6 Å². The van der Waals surface area contributed by atoms with Gasteiger partial charge in [-0.1, -0.05) is 128 Å². The van der Waals surface area contributed by atoms with Gasteiger partial charge in [0.15, 0.2) is 0 Å². The van der Waals surface area contributed by atoms with Crippen LogP contribution in [-0.4, -0.2) is 191 Å². The van der Waals surface area contributed by atoms with Crippen molar-refractivity contribution in [2.45, 2.75) is 162 Å². The van der Waals surface area contributed by atoms with Gasteiger partial charge in [0, 0.05) is 53.0 Å². The summed E-state index contributed by atoms with van der Waals surface area (Å²) in [6, 6.07) is 23.5. The summed E-state index contributed by atoms with van der Waals surface area (Å²) in [6.45, 7) is 19.6. The van der Waals surface area contributed by atoms with E-state index in [1.165, 1.54) is 28.4 Å². The van der Waals surface area contributed by atoms with E-state index < -0.39 is 48.5 Å². The lowest BCUT2D eigenvalue weighted by atomic mass is 9.97. The van der Waals surface area contributed by atoms with Crippen LogP contribution in [0.1, 0.15) is 159 Å². The predicted molar refractivity (Wildman–Crippen MR) is 439 cm³/mol. The van der Waals surface area contributed by atoms with Crippen LogP contribution in [0.2, 0.25) is 0 Å². The molecule has 14 rings (SSSR count). The number of rotatable bonds is 22. The number of aromatic nitrogens is 9. The Bertz CT molecular complexity index is 5170. The molecule has 606 valence electrons. The number of alkyl carbamates (subject to hydrolysis) is 4. The van der Waals surface area contributed by atoms with Gasteiger partial charge in [-0.25, -0.2) is 44.1 Å². The molecule has 4 aliphatic heterocycles. The third-order valence-corrected chi connectivity index (χ3v) is 24.2. The number of carbonyl (C=O) groups excluding carboxylic acids is 8. The highest BCUT2D eigenvalue weighted by Crippen LogP contribution is 2.44. The molecule has 4 aromatic carbocycles. The van der Waals surface area contributed by atoms with Crippen LogP contribution in [-0.2, 0) is 38.1 Å². The zero-order chi connectivity index (χ0) is 81.6. The van der Waals surface area contributed by atoms with Crippen LogP contribution in [0.25, 0.3) is 87.6 Å². The molecule has 29 nitrogen and oxygen atoms in total. The number of amides is 8. The number of likely N-dealkylation sites (tertiary alicyclic amines) is 4. The van der Waals surface area contributed by atoms with Gasteiger partial charge in [0.25, 0.3) is 0 Å². The van der Waals surface area contributed by atoms with E-state index in [1.54, 1.807) is 33.8 Å². The lowest BCUT2D eigenvalue weighted by Gasteiger charge is -2.30. The third kappa shape index (κ3) is 17.3. The number of aromatic amines is 4. The van der Waals surface area contributed by atoms with Crippen molar-refractivity contribution in [2.24, 2.45) is 23.7 Å². The number of nitrogens with zero attached hydrogens (tertiary/aromatic N) is 9. The first-order valence-corrected chi connectivity index (χ1v) is 41.0. The van der Waals surface area contributed by atoms with E-state index in [0.717, 1.165) is 156 Å². The molecule has 0 bridgehead atoms. The molecule has 0 unspecified atom stereocenters. The molecule has 8 amide bonds. The van der Waals surface area contributed by atoms with E-state index in [9.17, 15) is 38.4 Å². The molecule has 4 saturated heterocycles. The van der Waals surface area contributed by atoms with Crippen LogP contribution in [0.5, 0.6) is 0 Å². The predicted octanol–water partition coefficient (Wildman–Crippen LogP) is 14.6. The van der Waals surface area contributed by atoms with Crippen molar-refractivity contribution < 1.29 is 57.3 Å². The second-order valence-electron chi connectivity index (χ2n) is 31.0. The molecular formula is C84H101N17O12S2. The number of H-pyrrole nitrogens is 4. The minimum Gasteiger partial charge on any atom is -0.453 e. The molecule has 8 atom stereocenters. The third-order valence-electron chi connectivity index (χ3n) is 22.2. The van der Waals surface area contributed by atoms with Gasteiger partial charge in [0.1, 0.15) is 47.5 Å². The number of imidazole rings is 4. The molecule has 0 spiro atoms. The summed E-state index contributed by atoms with van der Waals surface area (Å²) in [6.07, 6.45) is 11.2. The molecular weight excluding hydrogens is 1500 g/mol. The summed E-state index contributed by atoms with van der Waals surface area (Å²) in [5, 5.41) is 15.0. The largest absolute Gasteiger partial charge is 0.453 e. The minimum absolute atomic E-state index is 0.108. The highest BCUT2D eigenvalue weighted by atomic mass is 32.1. The van der Waals surface area contributed by atoms with Crippen LogP contribution in [0.15, 0.2) is 109 Å². The Morgan fingerprint density at radius 2 is 0.687 bits per heavy atom. The Labute approximate surface area is 675 Å². The summed E-state index contributed by atoms with van der Waals surface area (Å²) < 4.78 is 21.3. The average molecular weight is 1600 g/mol. The number of methoxy groups -OCH3 is 4. The second-order valence-corrected chi connectivity index (χ2v) is 33.1. The molecule has 115 heavy (non-hydrogen) atoms. The van der Waals surface area contributed by atoms with Gasteiger partial charge in [-0.3, -0.25) is 19.2 Å². The smallest absolute Gasteiger partial charge is 0.407 e. The number of aryl methyl sites for hydroxylation is 1. The first-order valence-electron chi connectivity index (χ1n) is 39.3. The lowest BCUT2D eigenvalue weighted by molar-refractivity contribution is -0.136. The summed E-state index contributed by atoms with van der Waals surface area (Å²) in [5.74, 6) is 1.84. The number of hydrogen-bond acceptors (Lipinski definition) is 19. The number of ether oxygens (including phenoxy) is 4. The highest BCUT2D eigenvalue weighted by Gasteiger charge is 2.43. The molecule has 0 radical (unpaired) electrons. The van der Waals surface area contributed by atoms with E-state index in [4.69, 9.17) is 43.9 Å².